The number of ether oxygens (including phenoxy) is 1. The van der Waals surface area contributed by atoms with Gasteiger partial charge in [-0.25, -0.2) is 4.99 Å². The molecule has 1 aromatic carbocycles. The summed E-state index contributed by atoms with van der Waals surface area (Å²) in [5, 5.41) is 10.9. The second kappa shape index (κ2) is 8.17. The molecule has 1 aromatic heterocycles. The third-order valence-electron chi connectivity index (χ3n) is 5.58. The molecule has 2 N–H and O–H groups in total. The fourth-order valence-electron chi connectivity index (χ4n) is 3.72. The van der Waals surface area contributed by atoms with Crippen molar-refractivity contribution in [2.24, 2.45) is 4.99 Å². The summed E-state index contributed by atoms with van der Waals surface area (Å²) in [7, 11) is 1.56. The Kier molecular flexibility index (Phi) is 5.41. The number of aliphatic imine (C=N–C) groups is 1. The summed E-state index contributed by atoms with van der Waals surface area (Å²) in [4.78, 5) is 33.9. The van der Waals surface area contributed by atoms with Crippen LogP contribution in [0.25, 0.3) is 0 Å². The maximum Gasteiger partial charge on any atom is 0.289 e. The summed E-state index contributed by atoms with van der Waals surface area (Å²) in [5.74, 6) is 0.518. The predicted octanol–water partition coefficient (Wildman–Crippen LogP) is 1.92. The van der Waals surface area contributed by atoms with E-state index in [4.69, 9.17) is 4.74 Å². The zero-order chi connectivity index (χ0) is 22.0. The predicted molar refractivity (Wildman–Crippen MR) is 114 cm³/mol. The van der Waals surface area contributed by atoms with Gasteiger partial charge in [0.2, 0.25) is 5.82 Å². The number of carbonyl (C=O) groups is 2. The SMILES string of the molecule is C=NC1=C(/C=C\C)OC[C@H](NC(=O)c2nnc(C3(c4ccccc4)CC3)[nH]2)C(=O)N1C. The number of nitrogens with zero attached hydrogens (tertiary/aromatic N) is 4. The van der Waals surface area contributed by atoms with Crippen molar-refractivity contribution in [3.8, 4) is 0 Å². The van der Waals surface area contributed by atoms with E-state index in [1.165, 1.54) is 4.90 Å². The van der Waals surface area contributed by atoms with Gasteiger partial charge in [0.25, 0.3) is 11.8 Å². The van der Waals surface area contributed by atoms with Crippen LogP contribution in [0.4, 0.5) is 0 Å². The number of benzene rings is 1. The van der Waals surface area contributed by atoms with Crippen molar-refractivity contribution in [2.75, 3.05) is 13.7 Å². The summed E-state index contributed by atoms with van der Waals surface area (Å²) in [6.45, 7) is 5.29. The molecule has 1 aliphatic carbocycles. The lowest BCUT2D eigenvalue weighted by atomic mass is 9.95. The molecule has 9 nitrogen and oxygen atoms in total. The first kappa shape index (κ1) is 20.5. The summed E-state index contributed by atoms with van der Waals surface area (Å²) in [5.41, 5.74) is 0.906. The Balaban J connectivity index is 1.50. The van der Waals surface area contributed by atoms with E-state index < -0.39 is 11.9 Å². The van der Waals surface area contributed by atoms with Crippen LogP contribution in [0, 0.1) is 0 Å². The topological polar surface area (TPSA) is 113 Å². The number of amides is 2. The Hall–Kier alpha value is -3.75. The molecule has 31 heavy (non-hydrogen) atoms. The molecule has 2 heterocycles. The largest absolute Gasteiger partial charge is 0.487 e. The minimum atomic E-state index is -0.908. The van der Waals surface area contributed by atoms with E-state index >= 15 is 0 Å². The molecular weight excluding hydrogens is 396 g/mol. The molecule has 1 fully saturated rings. The number of rotatable bonds is 6. The van der Waals surface area contributed by atoms with E-state index in [2.05, 4.69) is 32.2 Å². The molecule has 1 aliphatic heterocycles. The molecular formula is C22H24N6O3. The molecule has 0 radical (unpaired) electrons. The summed E-state index contributed by atoms with van der Waals surface area (Å²) < 4.78 is 5.70. The number of hydrogen-bond acceptors (Lipinski definition) is 6. The van der Waals surface area contributed by atoms with Gasteiger partial charge < -0.3 is 15.0 Å². The number of H-pyrrole nitrogens is 1. The standard InChI is InChI=1S/C22H24N6O3/c1-4-8-16-18(23-2)28(3)20(30)15(13-31-16)24-19(29)17-25-21(27-26-17)22(11-12-22)14-9-6-5-7-10-14/h4-10,15H,2,11-13H2,1,3H3,(H,24,29)(H,25,26,27)/b8-4-/t15-/m0/s1. The Morgan fingerprint density at radius 1 is 1.35 bits per heavy atom. The fraction of sp³-hybridized carbons (Fsp3) is 0.318. The average Bonchev–Trinajstić information content (AvgIpc) is 3.47. The van der Waals surface area contributed by atoms with E-state index in [0.29, 0.717) is 17.4 Å². The third kappa shape index (κ3) is 3.74. The molecule has 0 unspecified atom stereocenters. The van der Waals surface area contributed by atoms with E-state index in [-0.39, 0.29) is 23.8 Å². The number of likely N-dealkylation sites (N-methyl/N-ethyl adjacent to an activating group) is 1. The quantitative estimate of drug-likeness (QED) is 0.694. The van der Waals surface area contributed by atoms with Crippen molar-refractivity contribution < 1.29 is 14.3 Å². The number of aromatic nitrogens is 3. The summed E-state index contributed by atoms with van der Waals surface area (Å²) in [6, 6.07) is 9.12. The van der Waals surface area contributed by atoms with Crippen LogP contribution in [0.1, 0.15) is 41.8 Å². The third-order valence-corrected chi connectivity index (χ3v) is 5.58. The first-order valence-corrected chi connectivity index (χ1v) is 10.0. The van der Waals surface area contributed by atoms with Crippen LogP contribution in [-0.4, -0.2) is 58.3 Å². The van der Waals surface area contributed by atoms with Gasteiger partial charge in [0.15, 0.2) is 11.6 Å². The van der Waals surface area contributed by atoms with Crippen LogP contribution in [0.3, 0.4) is 0 Å². The van der Waals surface area contributed by atoms with Crippen molar-refractivity contribution in [1.29, 1.82) is 0 Å². The van der Waals surface area contributed by atoms with Crippen molar-refractivity contribution >= 4 is 18.5 Å². The maximum absolute atomic E-state index is 12.8. The van der Waals surface area contributed by atoms with Crippen molar-refractivity contribution in [2.45, 2.75) is 31.2 Å². The first-order valence-electron chi connectivity index (χ1n) is 10.0. The Morgan fingerprint density at radius 3 is 2.74 bits per heavy atom. The Bertz CT molecular complexity index is 1070. The van der Waals surface area contributed by atoms with E-state index in [1.807, 2.05) is 37.3 Å². The zero-order valence-electron chi connectivity index (χ0n) is 17.5. The smallest absolute Gasteiger partial charge is 0.289 e. The Labute approximate surface area is 179 Å². The molecule has 1 saturated carbocycles. The number of nitrogens with one attached hydrogen (secondary N) is 2. The summed E-state index contributed by atoms with van der Waals surface area (Å²) in [6.07, 6.45) is 5.33. The molecule has 2 aromatic rings. The van der Waals surface area contributed by atoms with E-state index in [9.17, 15) is 9.59 Å². The van der Waals surface area contributed by atoms with Crippen LogP contribution in [0.2, 0.25) is 0 Å². The molecule has 1 atom stereocenters. The molecule has 0 saturated heterocycles. The lowest BCUT2D eigenvalue weighted by Gasteiger charge is -2.19. The van der Waals surface area contributed by atoms with E-state index in [1.54, 1.807) is 19.2 Å². The minimum Gasteiger partial charge on any atom is -0.487 e. The number of aromatic amines is 1. The number of carbonyl (C=O) groups excluding carboxylic acids is 2. The van der Waals surface area contributed by atoms with Crippen molar-refractivity contribution in [3.63, 3.8) is 0 Å². The van der Waals surface area contributed by atoms with Gasteiger partial charge in [0.05, 0.1) is 5.41 Å². The van der Waals surface area contributed by atoms with Gasteiger partial charge >= 0.3 is 0 Å². The molecule has 4 rings (SSSR count). The highest BCUT2D eigenvalue weighted by molar-refractivity contribution is 5.95. The second-order valence-electron chi connectivity index (χ2n) is 7.55. The van der Waals surface area contributed by atoms with Crippen molar-refractivity contribution in [1.82, 2.24) is 25.4 Å². The molecule has 9 heteroatoms. The second-order valence-corrected chi connectivity index (χ2v) is 7.55. The van der Waals surface area contributed by atoms with Crippen LogP contribution < -0.4 is 5.32 Å². The molecule has 2 aliphatic rings. The first-order chi connectivity index (χ1) is 15.0. The number of allylic oxidation sites excluding steroid dienone is 2. The van der Waals surface area contributed by atoms with Gasteiger partial charge in [-0.3, -0.25) is 14.5 Å². The highest BCUT2D eigenvalue weighted by Crippen LogP contribution is 2.51. The van der Waals surface area contributed by atoms with Gasteiger partial charge in [-0.1, -0.05) is 36.4 Å². The van der Waals surface area contributed by atoms with E-state index in [0.717, 1.165) is 18.4 Å². The van der Waals surface area contributed by atoms with Gasteiger partial charge in [-0.05, 0) is 38.1 Å². The Morgan fingerprint density at radius 2 is 2.10 bits per heavy atom. The van der Waals surface area contributed by atoms with Crippen LogP contribution in [-0.2, 0) is 14.9 Å². The normalized spacial score (nSPS) is 20.4. The average molecular weight is 420 g/mol. The van der Waals surface area contributed by atoms with Gasteiger partial charge in [0.1, 0.15) is 18.5 Å². The molecule has 2 amide bonds. The highest BCUT2D eigenvalue weighted by Gasteiger charge is 2.49. The molecule has 160 valence electrons. The minimum absolute atomic E-state index is 0.0391. The van der Waals surface area contributed by atoms with Gasteiger partial charge in [-0.2, -0.15) is 0 Å². The van der Waals surface area contributed by atoms with Crippen LogP contribution >= 0.6 is 0 Å². The lowest BCUT2D eigenvalue weighted by molar-refractivity contribution is -0.130. The monoisotopic (exact) mass is 420 g/mol. The van der Waals surface area contributed by atoms with Gasteiger partial charge in [-0.15, -0.1) is 10.2 Å². The van der Waals surface area contributed by atoms with Crippen molar-refractivity contribution in [3.05, 3.63) is 71.3 Å². The summed E-state index contributed by atoms with van der Waals surface area (Å²) >= 11 is 0. The zero-order valence-corrected chi connectivity index (χ0v) is 17.5. The lowest BCUT2D eigenvalue weighted by Crippen LogP contribution is -2.48. The number of hydrogen-bond donors (Lipinski definition) is 2. The maximum atomic E-state index is 12.8. The molecule has 0 spiro atoms. The molecule has 0 bridgehead atoms. The van der Waals surface area contributed by atoms with Crippen LogP contribution in [0.15, 0.2) is 59.1 Å². The van der Waals surface area contributed by atoms with Crippen LogP contribution in [0.5, 0.6) is 0 Å². The van der Waals surface area contributed by atoms with Gasteiger partial charge in [0, 0.05) is 7.05 Å². The fourth-order valence-corrected chi connectivity index (χ4v) is 3.72. The highest BCUT2D eigenvalue weighted by atomic mass is 16.5.